The van der Waals surface area contributed by atoms with E-state index in [4.69, 9.17) is 5.11 Å². The number of benzene rings is 1. The number of halogens is 3. The molecule has 1 N–H and O–H groups in total. The van der Waals surface area contributed by atoms with Gasteiger partial charge in [0.15, 0.2) is 0 Å². The van der Waals surface area contributed by atoms with Gasteiger partial charge in [-0.05, 0) is 12.1 Å². The summed E-state index contributed by atoms with van der Waals surface area (Å²) in [4.78, 5) is 11.0. The molecule has 7 heteroatoms. The number of carboxylic acids is 1. The van der Waals surface area contributed by atoms with E-state index in [1.807, 2.05) is 0 Å². The molecule has 0 aliphatic rings. The molecule has 0 aliphatic heterocycles. The first kappa shape index (κ1) is 13.1. The summed E-state index contributed by atoms with van der Waals surface area (Å²) in [6.45, 7) is 0. The predicted octanol–water partition coefficient (Wildman–Crippen LogP) is 2.80. The predicted molar refractivity (Wildman–Crippen MR) is 60.6 cm³/mol. The molecule has 1 aromatic carbocycles. The van der Waals surface area contributed by atoms with E-state index in [0.717, 1.165) is 13.1 Å². The van der Waals surface area contributed by atoms with Crippen LogP contribution in [0.4, 0.5) is 13.2 Å². The Morgan fingerprint density at radius 3 is 2.47 bits per heavy atom. The van der Waals surface area contributed by atoms with Gasteiger partial charge in [0.05, 0.1) is 11.3 Å². The Bertz CT molecular complexity index is 632. The molecule has 0 amide bonds. The van der Waals surface area contributed by atoms with E-state index < -0.39 is 17.8 Å². The van der Waals surface area contributed by atoms with Crippen molar-refractivity contribution in [2.75, 3.05) is 0 Å². The molecule has 100 valence electrons. The van der Waals surface area contributed by atoms with Gasteiger partial charge >= 0.3 is 12.1 Å². The van der Waals surface area contributed by atoms with Crippen LogP contribution < -0.4 is 0 Å². The molecule has 0 radical (unpaired) electrons. The first-order valence-electron chi connectivity index (χ1n) is 5.24. The summed E-state index contributed by atoms with van der Waals surface area (Å²) >= 11 is 0. The minimum Gasteiger partial charge on any atom is -0.478 e. The van der Waals surface area contributed by atoms with E-state index in [-0.39, 0.29) is 16.8 Å². The van der Waals surface area contributed by atoms with Crippen molar-refractivity contribution in [2.24, 2.45) is 7.05 Å². The van der Waals surface area contributed by atoms with Crippen LogP contribution in [0.1, 0.15) is 16.1 Å². The summed E-state index contributed by atoms with van der Waals surface area (Å²) in [6, 6.07) is 6.62. The Labute approximate surface area is 106 Å². The van der Waals surface area contributed by atoms with Crippen LogP contribution in [0.25, 0.3) is 11.3 Å². The van der Waals surface area contributed by atoms with Crippen molar-refractivity contribution < 1.29 is 23.1 Å². The topological polar surface area (TPSA) is 55.1 Å². The maximum absolute atomic E-state index is 12.7. The number of carboxylic acid groups (broad SMARTS) is 1. The summed E-state index contributed by atoms with van der Waals surface area (Å²) in [5.74, 6) is -1.21. The first-order chi connectivity index (χ1) is 8.80. The summed E-state index contributed by atoms with van der Waals surface area (Å²) in [6.07, 6.45) is -4.53. The lowest BCUT2D eigenvalue weighted by Crippen LogP contribution is -2.11. The second kappa shape index (κ2) is 4.42. The largest absolute Gasteiger partial charge is 0.478 e. The van der Waals surface area contributed by atoms with Gasteiger partial charge in [-0.15, -0.1) is 0 Å². The zero-order valence-corrected chi connectivity index (χ0v) is 9.77. The van der Waals surface area contributed by atoms with Gasteiger partial charge in [-0.1, -0.05) is 18.2 Å². The molecule has 1 heterocycles. The quantitative estimate of drug-likeness (QED) is 0.912. The van der Waals surface area contributed by atoms with Gasteiger partial charge in [0, 0.05) is 12.6 Å². The second-order valence-corrected chi connectivity index (χ2v) is 3.89. The van der Waals surface area contributed by atoms with Crippen LogP contribution >= 0.6 is 0 Å². The molecular weight excluding hydrogens is 261 g/mol. The molecular formula is C12H9F3N2O2. The number of hydrogen-bond acceptors (Lipinski definition) is 2. The molecule has 0 saturated heterocycles. The molecule has 1 aromatic heterocycles. The second-order valence-electron chi connectivity index (χ2n) is 3.89. The number of aryl methyl sites for hydroxylation is 1. The van der Waals surface area contributed by atoms with Gasteiger partial charge in [-0.3, -0.25) is 4.68 Å². The van der Waals surface area contributed by atoms with E-state index in [1.54, 1.807) is 6.07 Å². The highest BCUT2D eigenvalue weighted by Gasteiger charge is 2.35. The third kappa shape index (κ3) is 2.44. The maximum Gasteiger partial charge on any atom is 0.433 e. The normalized spacial score (nSPS) is 11.6. The van der Waals surface area contributed by atoms with Crippen molar-refractivity contribution in [3.63, 3.8) is 0 Å². The molecule has 0 bridgehead atoms. The molecule has 2 rings (SSSR count). The fraction of sp³-hybridized carbons (Fsp3) is 0.167. The van der Waals surface area contributed by atoms with Crippen molar-refractivity contribution >= 4 is 5.97 Å². The summed E-state index contributed by atoms with van der Waals surface area (Å²) in [7, 11) is 1.16. The van der Waals surface area contributed by atoms with E-state index in [9.17, 15) is 18.0 Å². The number of hydrogen-bond donors (Lipinski definition) is 1. The lowest BCUT2D eigenvalue weighted by atomic mass is 10.0. The Kier molecular flexibility index (Phi) is 3.05. The van der Waals surface area contributed by atoms with E-state index >= 15 is 0 Å². The third-order valence-corrected chi connectivity index (χ3v) is 2.60. The monoisotopic (exact) mass is 270 g/mol. The average Bonchev–Trinajstić information content (AvgIpc) is 2.71. The van der Waals surface area contributed by atoms with Crippen LogP contribution in [-0.2, 0) is 13.2 Å². The summed E-state index contributed by atoms with van der Waals surface area (Å²) in [5, 5.41) is 12.7. The standard InChI is InChI=1S/C12H9F3N2O2/c1-17-10(12(13,14)15)6-9(16-17)7-4-2-3-5-8(7)11(18)19/h2-6H,1H3,(H,18,19). The molecule has 0 unspecified atom stereocenters. The van der Waals surface area contributed by atoms with Crippen molar-refractivity contribution in [1.29, 1.82) is 0 Å². The maximum atomic E-state index is 12.7. The minimum absolute atomic E-state index is 0.0205. The Balaban J connectivity index is 2.58. The molecule has 0 spiro atoms. The van der Waals surface area contributed by atoms with Gasteiger partial charge in [0.2, 0.25) is 0 Å². The van der Waals surface area contributed by atoms with Crippen LogP contribution in [0, 0.1) is 0 Å². The molecule has 0 saturated carbocycles. The zero-order chi connectivity index (χ0) is 14.2. The van der Waals surface area contributed by atoms with Gasteiger partial charge in [0.1, 0.15) is 5.69 Å². The van der Waals surface area contributed by atoms with Crippen LogP contribution in [0.3, 0.4) is 0 Å². The van der Waals surface area contributed by atoms with Crippen molar-refractivity contribution in [3.8, 4) is 11.3 Å². The van der Waals surface area contributed by atoms with Gasteiger partial charge in [-0.2, -0.15) is 18.3 Å². The third-order valence-electron chi connectivity index (χ3n) is 2.60. The van der Waals surface area contributed by atoms with Gasteiger partial charge in [-0.25, -0.2) is 4.79 Å². The highest BCUT2D eigenvalue weighted by molar-refractivity contribution is 5.95. The molecule has 0 aliphatic carbocycles. The van der Waals surface area contributed by atoms with Crippen molar-refractivity contribution in [2.45, 2.75) is 6.18 Å². The van der Waals surface area contributed by atoms with Gasteiger partial charge in [0.25, 0.3) is 0 Å². The first-order valence-corrected chi connectivity index (χ1v) is 5.24. The molecule has 0 fully saturated rings. The van der Waals surface area contributed by atoms with E-state index in [2.05, 4.69) is 5.10 Å². The Hall–Kier alpha value is -2.31. The fourth-order valence-corrected chi connectivity index (χ4v) is 1.76. The number of rotatable bonds is 2. The lowest BCUT2D eigenvalue weighted by Gasteiger charge is -2.04. The SMILES string of the molecule is Cn1nc(-c2ccccc2C(=O)O)cc1C(F)(F)F. The van der Waals surface area contributed by atoms with Crippen molar-refractivity contribution in [1.82, 2.24) is 9.78 Å². The van der Waals surface area contributed by atoms with Crippen molar-refractivity contribution in [3.05, 3.63) is 41.6 Å². The van der Waals surface area contributed by atoms with Crippen LogP contribution in [0.2, 0.25) is 0 Å². The van der Waals surface area contributed by atoms with E-state index in [1.165, 1.54) is 18.2 Å². The summed E-state index contributed by atoms with van der Waals surface area (Å²) in [5.41, 5.74) is -0.883. The van der Waals surface area contributed by atoms with E-state index in [0.29, 0.717) is 4.68 Å². The summed E-state index contributed by atoms with van der Waals surface area (Å²) < 4.78 is 38.7. The number of nitrogens with zero attached hydrogens (tertiary/aromatic N) is 2. The average molecular weight is 270 g/mol. The number of aromatic carboxylic acids is 1. The number of aromatic nitrogens is 2. The number of alkyl halides is 3. The Morgan fingerprint density at radius 2 is 1.95 bits per heavy atom. The molecule has 0 atom stereocenters. The molecule has 2 aromatic rings. The highest BCUT2D eigenvalue weighted by atomic mass is 19.4. The Morgan fingerprint density at radius 1 is 1.32 bits per heavy atom. The number of carbonyl (C=O) groups is 1. The van der Waals surface area contributed by atoms with Gasteiger partial charge < -0.3 is 5.11 Å². The van der Waals surface area contributed by atoms with Crippen LogP contribution in [0.5, 0.6) is 0 Å². The molecule has 4 nitrogen and oxygen atoms in total. The minimum atomic E-state index is -4.53. The van der Waals surface area contributed by atoms with Crippen LogP contribution in [-0.4, -0.2) is 20.9 Å². The highest BCUT2D eigenvalue weighted by Crippen LogP contribution is 2.32. The smallest absolute Gasteiger partial charge is 0.433 e. The molecule has 19 heavy (non-hydrogen) atoms. The fourth-order valence-electron chi connectivity index (χ4n) is 1.76. The lowest BCUT2D eigenvalue weighted by molar-refractivity contribution is -0.143. The van der Waals surface area contributed by atoms with Crippen LogP contribution in [0.15, 0.2) is 30.3 Å². The zero-order valence-electron chi connectivity index (χ0n) is 9.77.